The number of benzene rings is 1. The fourth-order valence-corrected chi connectivity index (χ4v) is 5.25. The molecule has 0 amide bonds. The number of rotatable bonds is 0. The van der Waals surface area contributed by atoms with Crippen molar-refractivity contribution in [3.63, 3.8) is 0 Å². The van der Waals surface area contributed by atoms with Gasteiger partial charge >= 0.3 is 0 Å². The van der Waals surface area contributed by atoms with E-state index in [0.717, 1.165) is 30.4 Å². The van der Waals surface area contributed by atoms with Gasteiger partial charge in [-0.15, -0.1) is 0 Å². The molecule has 0 saturated heterocycles. The number of hydrogen-bond donors (Lipinski definition) is 1. The summed E-state index contributed by atoms with van der Waals surface area (Å²) in [5, 5.41) is 19.1. The number of phenolic OH excluding ortho intramolecular Hbond substituents is 1. The Morgan fingerprint density at radius 2 is 2.09 bits per heavy atom. The number of carbonyl (C=O) groups is 2. The Morgan fingerprint density at radius 1 is 1.30 bits per heavy atom. The van der Waals surface area contributed by atoms with Gasteiger partial charge in [0.05, 0.1) is 5.56 Å². The molecule has 0 unspecified atom stereocenters. The van der Waals surface area contributed by atoms with Crippen LogP contribution in [-0.2, 0) is 16.0 Å². The van der Waals surface area contributed by atoms with Crippen molar-refractivity contribution in [1.29, 1.82) is 5.26 Å². The number of Topliss-reactive ketones (excluding diaryl/α,β-unsaturated/α-hetero) is 2. The molecule has 0 aromatic heterocycles. The van der Waals surface area contributed by atoms with Crippen LogP contribution >= 0.6 is 0 Å². The van der Waals surface area contributed by atoms with Gasteiger partial charge < -0.3 is 5.11 Å². The number of fused-ring (bicyclic) bond motifs is 5. The summed E-state index contributed by atoms with van der Waals surface area (Å²) in [6, 6.07) is 5.36. The number of ketones is 2. The molecular formula is C19H19NO3. The average Bonchev–Trinajstić information content (AvgIpc) is 2.82. The molecule has 0 spiro atoms. The molecule has 4 atom stereocenters. The molecule has 0 radical (unpaired) electrons. The number of carbonyl (C=O) groups excluding carboxylic acids is 2. The zero-order valence-electron chi connectivity index (χ0n) is 13.1. The minimum Gasteiger partial charge on any atom is -0.507 e. The normalized spacial score (nSPS) is 35.2. The summed E-state index contributed by atoms with van der Waals surface area (Å²) in [5.74, 6) is 0.565. The van der Waals surface area contributed by atoms with Crippen LogP contribution in [0.25, 0.3) is 0 Å². The van der Waals surface area contributed by atoms with E-state index in [4.69, 9.17) is 0 Å². The highest BCUT2D eigenvalue weighted by Gasteiger charge is 2.56. The number of nitrogens with zero attached hydrogens (tertiary/aromatic N) is 1. The van der Waals surface area contributed by atoms with Crippen molar-refractivity contribution in [2.75, 3.05) is 0 Å². The molecule has 3 aliphatic rings. The molecule has 4 heteroatoms. The lowest BCUT2D eigenvalue weighted by atomic mass is 9.55. The second-order valence-corrected chi connectivity index (χ2v) is 7.48. The lowest BCUT2D eigenvalue weighted by Gasteiger charge is -2.47. The van der Waals surface area contributed by atoms with E-state index in [1.807, 2.05) is 13.0 Å². The molecule has 4 nitrogen and oxygen atoms in total. The Kier molecular flexibility index (Phi) is 2.93. The van der Waals surface area contributed by atoms with Gasteiger partial charge in [-0.2, -0.15) is 5.26 Å². The van der Waals surface area contributed by atoms with E-state index >= 15 is 0 Å². The predicted octanol–water partition coefficient (Wildman–Crippen LogP) is 2.87. The zero-order chi connectivity index (χ0) is 16.4. The van der Waals surface area contributed by atoms with Crippen molar-refractivity contribution in [3.05, 3.63) is 28.8 Å². The van der Waals surface area contributed by atoms with Gasteiger partial charge in [-0.25, -0.2) is 0 Å². The molecule has 3 aliphatic carbocycles. The highest BCUT2D eigenvalue weighted by Crippen LogP contribution is 2.58. The summed E-state index contributed by atoms with van der Waals surface area (Å²) < 4.78 is 0. The maximum atomic E-state index is 12.8. The van der Waals surface area contributed by atoms with Crippen LogP contribution in [0.4, 0.5) is 0 Å². The first-order chi connectivity index (χ1) is 11.0. The van der Waals surface area contributed by atoms with Gasteiger partial charge in [0, 0.05) is 24.2 Å². The Morgan fingerprint density at radius 3 is 2.83 bits per heavy atom. The topological polar surface area (TPSA) is 78.2 Å². The molecule has 2 fully saturated rings. The zero-order valence-corrected chi connectivity index (χ0v) is 13.1. The number of phenols is 1. The SMILES string of the molecule is C[C@]12CC[C@@H]3c4cc(C#N)c(O)cc4CC(=O)[C@H]3[C@@H]1CCC2=O. The van der Waals surface area contributed by atoms with Crippen molar-refractivity contribution >= 4 is 11.6 Å². The van der Waals surface area contributed by atoms with Crippen molar-refractivity contribution in [2.24, 2.45) is 17.3 Å². The van der Waals surface area contributed by atoms with E-state index in [-0.39, 0.29) is 40.3 Å². The van der Waals surface area contributed by atoms with Gasteiger partial charge in [-0.3, -0.25) is 9.59 Å². The Bertz CT molecular complexity index is 776. The van der Waals surface area contributed by atoms with Crippen LogP contribution in [0.5, 0.6) is 5.75 Å². The van der Waals surface area contributed by atoms with Crippen LogP contribution < -0.4 is 0 Å². The van der Waals surface area contributed by atoms with Crippen LogP contribution in [0.1, 0.15) is 55.2 Å². The summed E-state index contributed by atoms with van der Waals surface area (Å²) in [7, 11) is 0. The molecule has 0 aliphatic heterocycles. The van der Waals surface area contributed by atoms with Gasteiger partial charge in [-0.1, -0.05) is 6.92 Å². The third-order valence-corrected chi connectivity index (χ3v) is 6.49. The fraction of sp³-hybridized carbons (Fsp3) is 0.526. The monoisotopic (exact) mass is 309 g/mol. The van der Waals surface area contributed by atoms with Crippen LogP contribution in [0, 0.1) is 28.6 Å². The van der Waals surface area contributed by atoms with Gasteiger partial charge in [-0.05, 0) is 54.4 Å². The molecule has 1 N–H and O–H groups in total. The van der Waals surface area contributed by atoms with Crippen LogP contribution in [-0.4, -0.2) is 16.7 Å². The molecule has 1 aromatic carbocycles. The lowest BCUT2D eigenvalue weighted by molar-refractivity contribution is -0.134. The number of aromatic hydroxyl groups is 1. The summed E-state index contributed by atoms with van der Waals surface area (Å²) in [6.45, 7) is 2.03. The maximum absolute atomic E-state index is 12.8. The summed E-state index contributed by atoms with van der Waals surface area (Å²) in [5.41, 5.74) is 1.81. The van der Waals surface area contributed by atoms with Crippen molar-refractivity contribution in [1.82, 2.24) is 0 Å². The average molecular weight is 309 g/mol. The standard InChI is InChI=1S/C19H19NO3/c1-19-5-4-12-13-6-11(9-20)15(21)7-10(13)8-16(22)18(12)14(19)2-3-17(19)23/h6-7,12,14,18,21H,2-5,8H2,1H3/t12-,14+,18-,19+/m1/s1. The Hall–Kier alpha value is -2.15. The van der Waals surface area contributed by atoms with Crippen molar-refractivity contribution < 1.29 is 14.7 Å². The summed E-state index contributed by atoms with van der Waals surface area (Å²) in [4.78, 5) is 25.1. The molecule has 0 heterocycles. The summed E-state index contributed by atoms with van der Waals surface area (Å²) >= 11 is 0. The molecular weight excluding hydrogens is 290 g/mol. The van der Waals surface area contributed by atoms with Crippen LogP contribution in [0.2, 0.25) is 0 Å². The highest BCUT2D eigenvalue weighted by atomic mass is 16.3. The first kappa shape index (κ1) is 14.4. The predicted molar refractivity (Wildman–Crippen MR) is 82.8 cm³/mol. The number of hydrogen-bond acceptors (Lipinski definition) is 4. The first-order valence-corrected chi connectivity index (χ1v) is 8.27. The Balaban J connectivity index is 1.82. The van der Waals surface area contributed by atoms with E-state index in [9.17, 15) is 20.0 Å². The lowest BCUT2D eigenvalue weighted by Crippen LogP contribution is -2.46. The maximum Gasteiger partial charge on any atom is 0.141 e. The van der Waals surface area contributed by atoms with Gasteiger partial charge in [0.15, 0.2) is 0 Å². The smallest absolute Gasteiger partial charge is 0.141 e. The highest BCUT2D eigenvalue weighted by molar-refractivity contribution is 5.92. The minimum atomic E-state index is -0.344. The summed E-state index contributed by atoms with van der Waals surface area (Å²) in [6.07, 6.45) is 3.31. The third-order valence-electron chi connectivity index (χ3n) is 6.49. The fourth-order valence-electron chi connectivity index (χ4n) is 5.25. The van der Waals surface area contributed by atoms with Crippen LogP contribution in [0.15, 0.2) is 12.1 Å². The molecule has 4 rings (SSSR count). The van der Waals surface area contributed by atoms with E-state index < -0.39 is 0 Å². The minimum absolute atomic E-state index is 0.0470. The third kappa shape index (κ3) is 1.83. The second kappa shape index (κ2) is 4.67. The van der Waals surface area contributed by atoms with Crippen molar-refractivity contribution in [3.8, 4) is 11.8 Å². The van der Waals surface area contributed by atoms with Crippen molar-refractivity contribution in [2.45, 2.75) is 44.9 Å². The quantitative estimate of drug-likeness (QED) is 0.799. The molecule has 2 saturated carbocycles. The van der Waals surface area contributed by atoms with E-state index in [2.05, 4.69) is 0 Å². The van der Waals surface area contributed by atoms with Gasteiger partial charge in [0.1, 0.15) is 23.4 Å². The second-order valence-electron chi connectivity index (χ2n) is 7.48. The van der Waals surface area contributed by atoms with E-state index in [1.165, 1.54) is 0 Å². The largest absolute Gasteiger partial charge is 0.507 e. The van der Waals surface area contributed by atoms with E-state index in [1.54, 1.807) is 12.1 Å². The van der Waals surface area contributed by atoms with Crippen LogP contribution in [0.3, 0.4) is 0 Å². The Labute approximate surface area is 135 Å². The van der Waals surface area contributed by atoms with E-state index in [0.29, 0.717) is 18.6 Å². The molecule has 23 heavy (non-hydrogen) atoms. The number of nitriles is 1. The molecule has 1 aromatic rings. The van der Waals surface area contributed by atoms with Gasteiger partial charge in [0.25, 0.3) is 0 Å². The molecule has 118 valence electrons. The molecule has 0 bridgehead atoms. The first-order valence-electron chi connectivity index (χ1n) is 8.27. The van der Waals surface area contributed by atoms with Gasteiger partial charge in [0.2, 0.25) is 0 Å².